The van der Waals surface area contributed by atoms with Crippen LogP contribution in [0, 0.1) is 5.92 Å². The van der Waals surface area contributed by atoms with Crippen molar-refractivity contribution in [2.24, 2.45) is 5.92 Å². The Hall–Kier alpha value is -1.32. The summed E-state index contributed by atoms with van der Waals surface area (Å²) in [4.78, 5) is 17.3. The minimum Gasteiger partial charge on any atom is -0.370 e. The lowest BCUT2D eigenvalue weighted by molar-refractivity contribution is 0.606. The number of aromatic amines is 1. The zero-order chi connectivity index (χ0) is 9.68. The third-order valence-corrected chi connectivity index (χ3v) is 1.71. The average Bonchev–Trinajstić information content (AvgIpc) is 2.03. The van der Waals surface area contributed by atoms with Crippen LogP contribution in [0.5, 0.6) is 0 Å². The van der Waals surface area contributed by atoms with E-state index in [-0.39, 0.29) is 5.56 Å². The average molecular weight is 181 g/mol. The van der Waals surface area contributed by atoms with E-state index in [0.29, 0.717) is 11.7 Å². The van der Waals surface area contributed by atoms with E-state index in [2.05, 4.69) is 29.1 Å². The van der Waals surface area contributed by atoms with Crippen molar-refractivity contribution in [3.63, 3.8) is 0 Å². The molecule has 1 aromatic heterocycles. The van der Waals surface area contributed by atoms with Crippen LogP contribution in [0.1, 0.15) is 20.3 Å². The first-order valence-corrected chi connectivity index (χ1v) is 4.47. The van der Waals surface area contributed by atoms with Crippen LogP contribution in [-0.4, -0.2) is 16.5 Å². The van der Waals surface area contributed by atoms with Crippen LogP contribution in [0.2, 0.25) is 0 Å². The summed E-state index contributed by atoms with van der Waals surface area (Å²) < 4.78 is 0. The Morgan fingerprint density at radius 1 is 1.62 bits per heavy atom. The topological polar surface area (TPSA) is 57.8 Å². The minimum atomic E-state index is -0.123. The highest BCUT2D eigenvalue weighted by atomic mass is 16.1. The Kier molecular flexibility index (Phi) is 3.49. The molecule has 13 heavy (non-hydrogen) atoms. The minimum absolute atomic E-state index is 0.123. The molecular weight excluding hydrogens is 166 g/mol. The van der Waals surface area contributed by atoms with Gasteiger partial charge in [0.05, 0.1) is 6.33 Å². The maximum atomic E-state index is 10.9. The van der Waals surface area contributed by atoms with Crippen LogP contribution in [-0.2, 0) is 0 Å². The molecule has 0 spiro atoms. The highest BCUT2D eigenvalue weighted by molar-refractivity contribution is 5.31. The monoisotopic (exact) mass is 181 g/mol. The van der Waals surface area contributed by atoms with Gasteiger partial charge in [0, 0.05) is 12.6 Å². The zero-order valence-corrected chi connectivity index (χ0v) is 8.00. The van der Waals surface area contributed by atoms with Crippen LogP contribution in [0.3, 0.4) is 0 Å². The van der Waals surface area contributed by atoms with Crippen molar-refractivity contribution in [1.82, 2.24) is 9.97 Å². The number of nitrogens with zero attached hydrogens (tertiary/aromatic N) is 1. The van der Waals surface area contributed by atoms with Crippen LogP contribution in [0.15, 0.2) is 17.2 Å². The van der Waals surface area contributed by atoms with Crippen LogP contribution in [0.4, 0.5) is 5.82 Å². The van der Waals surface area contributed by atoms with Gasteiger partial charge in [-0.2, -0.15) is 0 Å². The predicted molar refractivity (Wildman–Crippen MR) is 52.8 cm³/mol. The molecule has 0 fully saturated rings. The highest BCUT2D eigenvalue weighted by Gasteiger charge is 1.95. The molecule has 0 saturated carbocycles. The van der Waals surface area contributed by atoms with Gasteiger partial charge in [-0.3, -0.25) is 4.79 Å². The molecule has 0 aliphatic rings. The van der Waals surface area contributed by atoms with Gasteiger partial charge in [-0.05, 0) is 12.3 Å². The number of rotatable bonds is 4. The Morgan fingerprint density at radius 3 is 3.00 bits per heavy atom. The SMILES string of the molecule is CC(C)CCNc1cc(=O)[nH]cn1. The first-order chi connectivity index (χ1) is 6.18. The Morgan fingerprint density at radius 2 is 2.38 bits per heavy atom. The van der Waals surface area contributed by atoms with E-state index in [1.54, 1.807) is 0 Å². The fourth-order valence-electron chi connectivity index (χ4n) is 0.954. The second kappa shape index (κ2) is 4.64. The third-order valence-electron chi connectivity index (χ3n) is 1.71. The molecule has 0 aliphatic carbocycles. The molecule has 4 heteroatoms. The number of nitrogens with one attached hydrogen (secondary N) is 2. The molecule has 0 aromatic carbocycles. The smallest absolute Gasteiger partial charge is 0.252 e. The molecule has 0 bridgehead atoms. The van der Waals surface area contributed by atoms with Gasteiger partial charge in [0.2, 0.25) is 0 Å². The molecule has 0 aliphatic heterocycles. The predicted octanol–water partition coefficient (Wildman–Crippen LogP) is 1.23. The molecule has 0 radical (unpaired) electrons. The third kappa shape index (κ3) is 3.73. The lowest BCUT2D eigenvalue weighted by atomic mass is 10.1. The summed E-state index contributed by atoms with van der Waals surface area (Å²) in [6, 6.07) is 1.46. The van der Waals surface area contributed by atoms with Gasteiger partial charge in [-0.25, -0.2) is 4.98 Å². The molecule has 1 rings (SSSR count). The van der Waals surface area contributed by atoms with Gasteiger partial charge in [-0.15, -0.1) is 0 Å². The van der Waals surface area contributed by atoms with Crippen molar-refractivity contribution in [2.75, 3.05) is 11.9 Å². The summed E-state index contributed by atoms with van der Waals surface area (Å²) in [6.07, 6.45) is 2.48. The summed E-state index contributed by atoms with van der Waals surface area (Å²) in [5, 5.41) is 3.09. The second-order valence-electron chi connectivity index (χ2n) is 3.41. The Labute approximate surface area is 77.4 Å². The van der Waals surface area contributed by atoms with E-state index in [1.165, 1.54) is 12.4 Å². The van der Waals surface area contributed by atoms with Gasteiger partial charge in [0.1, 0.15) is 5.82 Å². The lowest BCUT2D eigenvalue weighted by Crippen LogP contribution is -2.11. The standard InChI is InChI=1S/C9H15N3O/c1-7(2)3-4-10-8-5-9(13)12-6-11-8/h5-7H,3-4H2,1-2H3,(H2,10,11,12,13). The normalized spacial score (nSPS) is 10.4. The van der Waals surface area contributed by atoms with E-state index < -0.39 is 0 Å². The summed E-state index contributed by atoms with van der Waals surface area (Å²) in [5.74, 6) is 1.30. The summed E-state index contributed by atoms with van der Waals surface area (Å²) in [7, 11) is 0. The number of anilines is 1. The number of aromatic nitrogens is 2. The number of hydrogen-bond acceptors (Lipinski definition) is 3. The fraction of sp³-hybridized carbons (Fsp3) is 0.556. The van der Waals surface area contributed by atoms with E-state index in [4.69, 9.17) is 0 Å². The van der Waals surface area contributed by atoms with Crippen LogP contribution in [0.25, 0.3) is 0 Å². The first-order valence-electron chi connectivity index (χ1n) is 4.47. The summed E-state index contributed by atoms with van der Waals surface area (Å²) in [6.45, 7) is 5.17. The lowest BCUT2D eigenvalue weighted by Gasteiger charge is -2.06. The van der Waals surface area contributed by atoms with Crippen LogP contribution < -0.4 is 10.9 Å². The van der Waals surface area contributed by atoms with Crippen LogP contribution >= 0.6 is 0 Å². The summed E-state index contributed by atoms with van der Waals surface area (Å²) >= 11 is 0. The van der Waals surface area contributed by atoms with Gasteiger partial charge in [-0.1, -0.05) is 13.8 Å². The molecule has 0 atom stereocenters. The van der Waals surface area contributed by atoms with Crippen molar-refractivity contribution >= 4 is 5.82 Å². The molecule has 72 valence electrons. The van der Waals surface area contributed by atoms with E-state index in [1.807, 2.05) is 0 Å². The molecule has 0 saturated heterocycles. The van der Waals surface area contributed by atoms with E-state index in [9.17, 15) is 4.79 Å². The Bertz CT molecular complexity index is 306. The number of hydrogen-bond donors (Lipinski definition) is 2. The van der Waals surface area contributed by atoms with Crippen molar-refractivity contribution in [2.45, 2.75) is 20.3 Å². The van der Waals surface area contributed by atoms with E-state index in [0.717, 1.165) is 13.0 Å². The maximum absolute atomic E-state index is 10.9. The maximum Gasteiger partial charge on any atom is 0.252 e. The first kappa shape index (κ1) is 9.77. The van der Waals surface area contributed by atoms with Crippen molar-refractivity contribution in [3.05, 3.63) is 22.7 Å². The van der Waals surface area contributed by atoms with Crippen molar-refractivity contribution in [3.8, 4) is 0 Å². The van der Waals surface area contributed by atoms with E-state index >= 15 is 0 Å². The van der Waals surface area contributed by atoms with Crippen molar-refractivity contribution in [1.29, 1.82) is 0 Å². The second-order valence-corrected chi connectivity index (χ2v) is 3.41. The molecule has 1 aromatic rings. The molecule has 1 heterocycles. The summed E-state index contributed by atoms with van der Waals surface area (Å²) in [5.41, 5.74) is -0.123. The molecule has 4 nitrogen and oxygen atoms in total. The fourth-order valence-corrected chi connectivity index (χ4v) is 0.954. The molecule has 2 N–H and O–H groups in total. The molecule has 0 unspecified atom stereocenters. The van der Waals surface area contributed by atoms with Gasteiger partial charge >= 0.3 is 0 Å². The van der Waals surface area contributed by atoms with Gasteiger partial charge in [0.25, 0.3) is 5.56 Å². The van der Waals surface area contributed by atoms with Gasteiger partial charge in [0.15, 0.2) is 0 Å². The van der Waals surface area contributed by atoms with Gasteiger partial charge < -0.3 is 10.3 Å². The largest absolute Gasteiger partial charge is 0.370 e. The van der Waals surface area contributed by atoms with Crippen molar-refractivity contribution < 1.29 is 0 Å². The quantitative estimate of drug-likeness (QED) is 0.734. The number of H-pyrrole nitrogens is 1. The molecular formula is C9H15N3O. The Balaban J connectivity index is 2.41. The zero-order valence-electron chi connectivity index (χ0n) is 8.00. The molecule has 0 amide bonds. The highest BCUT2D eigenvalue weighted by Crippen LogP contribution is 2.00.